The first kappa shape index (κ1) is 21.3. The highest BCUT2D eigenvalue weighted by Gasteiger charge is 2.27. The molecule has 2 aliphatic rings. The molecular formula is C23H31N5O3. The molecule has 31 heavy (non-hydrogen) atoms. The van der Waals surface area contributed by atoms with Crippen molar-refractivity contribution in [3.63, 3.8) is 0 Å². The Kier molecular flexibility index (Phi) is 6.84. The molecule has 0 radical (unpaired) electrons. The monoisotopic (exact) mass is 425 g/mol. The number of para-hydroxylation sites is 1. The largest absolute Gasteiger partial charge is 0.496 e. The van der Waals surface area contributed by atoms with Crippen LogP contribution in [0.2, 0.25) is 0 Å². The van der Waals surface area contributed by atoms with Gasteiger partial charge in [0.2, 0.25) is 5.91 Å². The van der Waals surface area contributed by atoms with Crippen molar-refractivity contribution >= 4 is 11.8 Å². The van der Waals surface area contributed by atoms with Gasteiger partial charge in [0.1, 0.15) is 5.75 Å². The minimum atomic E-state index is -0.153. The minimum Gasteiger partial charge on any atom is -0.496 e. The van der Waals surface area contributed by atoms with Crippen molar-refractivity contribution in [3.05, 3.63) is 41.7 Å². The number of nitrogens with zero attached hydrogens (tertiary/aromatic N) is 4. The molecule has 1 aromatic carbocycles. The Bertz CT molecular complexity index is 908. The summed E-state index contributed by atoms with van der Waals surface area (Å²) in [5, 5.41) is 11.0. The molecule has 2 fully saturated rings. The summed E-state index contributed by atoms with van der Waals surface area (Å²) in [7, 11) is 1.66. The van der Waals surface area contributed by atoms with Crippen LogP contribution in [0.1, 0.15) is 61.0 Å². The molecule has 1 saturated heterocycles. The lowest BCUT2D eigenvalue weighted by Gasteiger charge is -2.36. The van der Waals surface area contributed by atoms with Gasteiger partial charge in [-0.15, -0.1) is 5.10 Å². The zero-order valence-corrected chi connectivity index (χ0v) is 18.1. The third-order valence-corrected chi connectivity index (χ3v) is 6.12. The highest BCUT2D eigenvalue weighted by atomic mass is 16.5. The molecule has 8 heteroatoms. The van der Waals surface area contributed by atoms with Crippen molar-refractivity contribution in [2.24, 2.45) is 0 Å². The summed E-state index contributed by atoms with van der Waals surface area (Å²) in [4.78, 5) is 27.1. The quantitative estimate of drug-likeness (QED) is 0.667. The van der Waals surface area contributed by atoms with E-state index in [1.807, 2.05) is 29.2 Å². The Balaban J connectivity index is 1.30. The molecule has 4 rings (SSSR count). The average molecular weight is 426 g/mol. The maximum atomic E-state index is 13.0. The average Bonchev–Trinajstić information content (AvgIpc) is 3.49. The van der Waals surface area contributed by atoms with E-state index in [1.54, 1.807) is 18.0 Å². The molecule has 0 bridgehead atoms. The first-order chi connectivity index (χ1) is 15.1. The van der Waals surface area contributed by atoms with E-state index in [2.05, 4.69) is 15.6 Å². The van der Waals surface area contributed by atoms with E-state index in [0.29, 0.717) is 31.1 Å². The van der Waals surface area contributed by atoms with Crippen molar-refractivity contribution in [1.29, 1.82) is 0 Å². The summed E-state index contributed by atoms with van der Waals surface area (Å²) in [5.41, 5.74) is 1.42. The van der Waals surface area contributed by atoms with Gasteiger partial charge in [-0.05, 0) is 56.6 Å². The molecule has 1 atom stereocenters. The fourth-order valence-corrected chi connectivity index (χ4v) is 4.20. The van der Waals surface area contributed by atoms with E-state index in [1.165, 1.54) is 0 Å². The van der Waals surface area contributed by atoms with Crippen molar-refractivity contribution in [1.82, 2.24) is 25.2 Å². The van der Waals surface area contributed by atoms with Crippen LogP contribution < -0.4 is 10.1 Å². The lowest BCUT2D eigenvalue weighted by atomic mass is 9.98. The third-order valence-electron chi connectivity index (χ3n) is 6.12. The van der Waals surface area contributed by atoms with Gasteiger partial charge in [-0.2, -0.15) is 0 Å². The Hall–Kier alpha value is -2.90. The van der Waals surface area contributed by atoms with Crippen LogP contribution in [0.4, 0.5) is 0 Å². The summed E-state index contributed by atoms with van der Waals surface area (Å²) < 4.78 is 7.12. The van der Waals surface area contributed by atoms with Crippen molar-refractivity contribution in [2.75, 3.05) is 13.7 Å². The fraction of sp³-hybridized carbons (Fsp3) is 0.565. The van der Waals surface area contributed by atoms with Crippen LogP contribution in [0.3, 0.4) is 0 Å². The van der Waals surface area contributed by atoms with Crippen LogP contribution in [0, 0.1) is 0 Å². The minimum absolute atomic E-state index is 0.153. The summed E-state index contributed by atoms with van der Waals surface area (Å²) in [6.45, 7) is 1.45. The number of amides is 2. The predicted octanol–water partition coefficient (Wildman–Crippen LogP) is 2.58. The molecular weight excluding hydrogens is 394 g/mol. The van der Waals surface area contributed by atoms with E-state index in [9.17, 15) is 9.59 Å². The summed E-state index contributed by atoms with van der Waals surface area (Å²) >= 11 is 0. The maximum absolute atomic E-state index is 13.0. The highest BCUT2D eigenvalue weighted by Crippen LogP contribution is 2.24. The van der Waals surface area contributed by atoms with Gasteiger partial charge in [-0.25, -0.2) is 0 Å². The first-order valence-electron chi connectivity index (χ1n) is 11.3. The first-order valence-corrected chi connectivity index (χ1v) is 11.3. The van der Waals surface area contributed by atoms with Gasteiger partial charge < -0.3 is 15.0 Å². The van der Waals surface area contributed by atoms with Crippen molar-refractivity contribution < 1.29 is 14.3 Å². The standard InChI is InChI=1S/C23H31N5O3/c1-31-21-8-3-2-6-17(21)9-12-22(29)28-14-5-4-7-19(28)13-15-27-16-20(25-26-27)23(30)24-18-10-11-18/h2-3,6,8,16,18-19H,4-5,7,9-15H2,1H3,(H,24,30). The molecule has 1 N–H and O–H groups in total. The Labute approximate surface area is 182 Å². The molecule has 2 amide bonds. The molecule has 0 spiro atoms. The van der Waals surface area contributed by atoms with E-state index >= 15 is 0 Å². The second-order valence-corrected chi connectivity index (χ2v) is 8.45. The van der Waals surface area contributed by atoms with E-state index in [4.69, 9.17) is 4.74 Å². The van der Waals surface area contributed by atoms with E-state index < -0.39 is 0 Å². The molecule has 1 aromatic heterocycles. The Morgan fingerprint density at radius 3 is 2.84 bits per heavy atom. The SMILES string of the molecule is COc1ccccc1CCC(=O)N1CCCCC1CCn1cc(C(=O)NC2CC2)nn1. The number of hydrogen-bond acceptors (Lipinski definition) is 5. The number of carbonyl (C=O) groups excluding carboxylic acids is 2. The number of hydrogen-bond donors (Lipinski definition) is 1. The normalized spacial score (nSPS) is 18.6. The maximum Gasteiger partial charge on any atom is 0.273 e. The fourth-order valence-electron chi connectivity index (χ4n) is 4.20. The van der Waals surface area contributed by atoms with Crippen LogP contribution in [0.5, 0.6) is 5.75 Å². The lowest BCUT2D eigenvalue weighted by Crippen LogP contribution is -2.44. The topological polar surface area (TPSA) is 89.4 Å². The van der Waals surface area contributed by atoms with E-state index in [0.717, 1.165) is 56.4 Å². The van der Waals surface area contributed by atoms with E-state index in [-0.39, 0.29) is 17.9 Å². The summed E-state index contributed by atoms with van der Waals surface area (Å²) in [5.74, 6) is 0.872. The van der Waals surface area contributed by atoms with Gasteiger partial charge in [0, 0.05) is 31.6 Å². The van der Waals surface area contributed by atoms with Gasteiger partial charge in [0.25, 0.3) is 5.91 Å². The number of piperidine rings is 1. The van der Waals surface area contributed by atoms with Crippen LogP contribution in [-0.4, -0.2) is 57.4 Å². The lowest BCUT2D eigenvalue weighted by molar-refractivity contribution is -0.135. The van der Waals surface area contributed by atoms with Crippen LogP contribution in [-0.2, 0) is 17.8 Å². The number of nitrogens with one attached hydrogen (secondary N) is 1. The number of rotatable bonds is 9. The van der Waals surface area contributed by atoms with Crippen LogP contribution >= 0.6 is 0 Å². The van der Waals surface area contributed by atoms with Crippen molar-refractivity contribution in [2.45, 2.75) is 70.0 Å². The third kappa shape index (κ3) is 5.62. The van der Waals surface area contributed by atoms with Crippen LogP contribution in [0.15, 0.2) is 30.5 Å². The smallest absolute Gasteiger partial charge is 0.273 e. The molecule has 1 aliphatic carbocycles. The number of aryl methyl sites for hydroxylation is 2. The predicted molar refractivity (Wildman–Crippen MR) is 116 cm³/mol. The zero-order chi connectivity index (χ0) is 21.6. The van der Waals surface area contributed by atoms with Crippen LogP contribution in [0.25, 0.3) is 0 Å². The second kappa shape index (κ2) is 9.94. The number of carbonyl (C=O) groups is 2. The number of likely N-dealkylation sites (tertiary alicyclic amines) is 1. The number of methoxy groups -OCH3 is 1. The molecule has 2 aromatic rings. The molecule has 8 nitrogen and oxygen atoms in total. The number of aromatic nitrogens is 3. The second-order valence-electron chi connectivity index (χ2n) is 8.45. The van der Waals surface area contributed by atoms with Gasteiger partial charge in [-0.3, -0.25) is 14.3 Å². The molecule has 1 saturated carbocycles. The zero-order valence-electron chi connectivity index (χ0n) is 18.1. The molecule has 166 valence electrons. The Morgan fingerprint density at radius 1 is 1.19 bits per heavy atom. The summed E-state index contributed by atoms with van der Waals surface area (Å²) in [6.07, 6.45) is 8.94. The van der Waals surface area contributed by atoms with Gasteiger partial charge >= 0.3 is 0 Å². The number of ether oxygens (including phenoxy) is 1. The van der Waals surface area contributed by atoms with Crippen molar-refractivity contribution in [3.8, 4) is 5.75 Å². The molecule has 1 unspecified atom stereocenters. The molecule has 1 aliphatic heterocycles. The van der Waals surface area contributed by atoms with Gasteiger partial charge in [-0.1, -0.05) is 23.4 Å². The Morgan fingerprint density at radius 2 is 2.03 bits per heavy atom. The van der Waals surface area contributed by atoms with Gasteiger partial charge in [0.05, 0.1) is 13.3 Å². The van der Waals surface area contributed by atoms with Gasteiger partial charge in [0.15, 0.2) is 5.69 Å². The number of benzene rings is 1. The summed E-state index contributed by atoms with van der Waals surface area (Å²) in [6, 6.07) is 8.36. The molecule has 2 heterocycles. The highest BCUT2D eigenvalue weighted by molar-refractivity contribution is 5.92.